The molecule has 3 nitrogen and oxygen atoms in total. The van der Waals surface area contributed by atoms with E-state index in [2.05, 4.69) is 18.2 Å². The zero-order chi connectivity index (χ0) is 14.2. The number of rotatable bonds is 3. The van der Waals surface area contributed by atoms with E-state index >= 15 is 0 Å². The Morgan fingerprint density at radius 3 is 2.67 bits per heavy atom. The molecule has 0 saturated heterocycles. The van der Waals surface area contributed by atoms with Gasteiger partial charge in [0.1, 0.15) is 0 Å². The van der Waals surface area contributed by atoms with Gasteiger partial charge in [-0.1, -0.05) is 31.0 Å². The fourth-order valence-electron chi connectivity index (χ4n) is 3.82. The summed E-state index contributed by atoms with van der Waals surface area (Å²) < 4.78 is 0. The van der Waals surface area contributed by atoms with E-state index in [0.717, 1.165) is 18.7 Å². The second-order valence-corrected chi connectivity index (χ2v) is 6.50. The van der Waals surface area contributed by atoms with Crippen LogP contribution in [0.15, 0.2) is 24.3 Å². The summed E-state index contributed by atoms with van der Waals surface area (Å²) >= 11 is 0. The minimum Gasteiger partial charge on any atom is -0.328 e. The van der Waals surface area contributed by atoms with Crippen molar-refractivity contribution in [3.8, 4) is 0 Å². The summed E-state index contributed by atoms with van der Waals surface area (Å²) in [5.41, 5.74) is 8.55. The monoisotopic (exact) mass is 308 g/mol. The number of hydrogen-bond donors (Lipinski definition) is 1. The normalized spacial score (nSPS) is 20.2. The third-order valence-corrected chi connectivity index (χ3v) is 4.90. The van der Waals surface area contributed by atoms with Gasteiger partial charge in [0.25, 0.3) is 0 Å². The predicted molar refractivity (Wildman–Crippen MR) is 89.1 cm³/mol. The Balaban J connectivity index is 0.00000161. The molecular formula is C17H25ClN2O. The number of halogens is 1. The zero-order valence-electron chi connectivity index (χ0n) is 12.7. The number of carbonyl (C=O) groups is 1. The minimum atomic E-state index is 0. The van der Waals surface area contributed by atoms with Crippen LogP contribution in [0.5, 0.6) is 0 Å². The fourth-order valence-corrected chi connectivity index (χ4v) is 3.82. The average molecular weight is 309 g/mol. The van der Waals surface area contributed by atoms with Gasteiger partial charge in [-0.3, -0.25) is 4.79 Å². The van der Waals surface area contributed by atoms with Crippen LogP contribution in [0.1, 0.15) is 51.0 Å². The van der Waals surface area contributed by atoms with Gasteiger partial charge in [0.05, 0.1) is 0 Å². The molecule has 0 radical (unpaired) electrons. The third kappa shape index (κ3) is 2.95. The van der Waals surface area contributed by atoms with Gasteiger partial charge >= 0.3 is 0 Å². The lowest BCUT2D eigenvalue weighted by molar-refractivity contribution is -0.118. The van der Waals surface area contributed by atoms with Crippen molar-refractivity contribution in [1.29, 1.82) is 0 Å². The summed E-state index contributed by atoms with van der Waals surface area (Å²) in [5.74, 6) is 0.235. The molecule has 116 valence electrons. The lowest BCUT2D eigenvalue weighted by Gasteiger charge is -2.24. The molecule has 0 bridgehead atoms. The molecule has 1 aliphatic heterocycles. The van der Waals surface area contributed by atoms with E-state index in [1.165, 1.54) is 31.2 Å². The van der Waals surface area contributed by atoms with E-state index in [9.17, 15) is 4.79 Å². The van der Waals surface area contributed by atoms with Crippen LogP contribution < -0.4 is 10.6 Å². The van der Waals surface area contributed by atoms with Crippen molar-refractivity contribution in [1.82, 2.24) is 0 Å². The average Bonchev–Trinajstić information content (AvgIpc) is 3.04. The molecular weight excluding hydrogens is 284 g/mol. The number of nitrogens with two attached hydrogens (primary N) is 1. The van der Waals surface area contributed by atoms with Crippen molar-refractivity contribution in [3.05, 3.63) is 29.8 Å². The van der Waals surface area contributed by atoms with Crippen molar-refractivity contribution in [3.63, 3.8) is 0 Å². The molecule has 0 aromatic heterocycles. The van der Waals surface area contributed by atoms with Gasteiger partial charge < -0.3 is 10.6 Å². The maximum atomic E-state index is 12.5. The number of fused-ring (bicyclic) bond motifs is 2. The standard InChI is InChI=1S/C17H24N2O.ClH/c1-13(18)8-9-16(20)19-12-17(10-4-5-11-17)14-6-2-3-7-15(14)19;/h2-3,6-7,13H,4-5,8-12,18H2,1H3;1H. The van der Waals surface area contributed by atoms with Crippen LogP contribution in [0.25, 0.3) is 0 Å². The Morgan fingerprint density at radius 1 is 1.33 bits per heavy atom. The summed E-state index contributed by atoms with van der Waals surface area (Å²) in [6, 6.07) is 8.57. The van der Waals surface area contributed by atoms with Gasteiger partial charge in [-0.05, 0) is 37.8 Å². The number of hydrogen-bond acceptors (Lipinski definition) is 2. The van der Waals surface area contributed by atoms with E-state index in [1.807, 2.05) is 17.9 Å². The maximum Gasteiger partial charge on any atom is 0.227 e. The number of para-hydroxylation sites is 1. The zero-order valence-corrected chi connectivity index (χ0v) is 13.5. The molecule has 4 heteroatoms. The van der Waals surface area contributed by atoms with Gasteiger partial charge in [0.2, 0.25) is 5.91 Å². The first-order chi connectivity index (χ1) is 9.62. The van der Waals surface area contributed by atoms with Crippen LogP contribution in [-0.2, 0) is 10.2 Å². The van der Waals surface area contributed by atoms with Crippen molar-refractivity contribution >= 4 is 24.0 Å². The highest BCUT2D eigenvalue weighted by Crippen LogP contribution is 2.50. The van der Waals surface area contributed by atoms with E-state index in [1.54, 1.807) is 0 Å². The highest BCUT2D eigenvalue weighted by atomic mass is 35.5. The Morgan fingerprint density at radius 2 is 2.00 bits per heavy atom. The minimum absolute atomic E-state index is 0. The summed E-state index contributed by atoms with van der Waals surface area (Å²) in [7, 11) is 0. The highest BCUT2D eigenvalue weighted by Gasteiger charge is 2.45. The smallest absolute Gasteiger partial charge is 0.227 e. The number of carbonyl (C=O) groups excluding carboxylic acids is 1. The molecule has 1 amide bonds. The van der Waals surface area contributed by atoms with Crippen LogP contribution in [-0.4, -0.2) is 18.5 Å². The molecule has 21 heavy (non-hydrogen) atoms. The Kier molecular flexibility index (Phi) is 4.95. The van der Waals surface area contributed by atoms with Gasteiger partial charge in [-0.25, -0.2) is 0 Å². The van der Waals surface area contributed by atoms with Crippen LogP contribution >= 0.6 is 12.4 Å². The van der Waals surface area contributed by atoms with Gasteiger partial charge in [0.15, 0.2) is 0 Å². The summed E-state index contributed by atoms with van der Waals surface area (Å²) in [6.07, 6.45) is 6.35. The van der Waals surface area contributed by atoms with Crippen molar-refractivity contribution < 1.29 is 4.79 Å². The van der Waals surface area contributed by atoms with Gasteiger partial charge in [-0.2, -0.15) is 0 Å². The Labute approximate surface area is 133 Å². The van der Waals surface area contributed by atoms with Crippen LogP contribution in [0.3, 0.4) is 0 Å². The molecule has 1 aromatic carbocycles. The Hall–Kier alpha value is -1.06. The van der Waals surface area contributed by atoms with Crippen LogP contribution in [0.4, 0.5) is 5.69 Å². The van der Waals surface area contributed by atoms with E-state index in [4.69, 9.17) is 5.73 Å². The molecule has 1 aromatic rings. The second-order valence-electron chi connectivity index (χ2n) is 6.50. The third-order valence-electron chi connectivity index (χ3n) is 4.90. The molecule has 1 saturated carbocycles. The maximum absolute atomic E-state index is 12.5. The quantitative estimate of drug-likeness (QED) is 0.930. The van der Waals surface area contributed by atoms with Gasteiger partial charge in [-0.15, -0.1) is 12.4 Å². The largest absolute Gasteiger partial charge is 0.328 e. The molecule has 1 aliphatic carbocycles. The molecule has 1 atom stereocenters. The first-order valence-corrected chi connectivity index (χ1v) is 7.78. The molecule has 1 spiro atoms. The van der Waals surface area contributed by atoms with Crippen molar-refractivity contribution in [2.45, 2.75) is 56.9 Å². The molecule has 2 aliphatic rings. The fraction of sp³-hybridized carbons (Fsp3) is 0.588. The summed E-state index contributed by atoms with van der Waals surface area (Å²) in [5, 5.41) is 0. The molecule has 2 N–H and O–H groups in total. The lowest BCUT2D eigenvalue weighted by atomic mass is 9.81. The number of amides is 1. The SMILES string of the molecule is CC(N)CCC(=O)N1CC2(CCCC2)c2ccccc21.Cl. The summed E-state index contributed by atoms with van der Waals surface area (Å²) in [4.78, 5) is 14.5. The molecule has 1 heterocycles. The van der Waals surface area contributed by atoms with E-state index < -0.39 is 0 Å². The number of nitrogens with zero attached hydrogens (tertiary/aromatic N) is 1. The molecule has 3 rings (SSSR count). The second kappa shape index (κ2) is 6.37. The number of benzene rings is 1. The molecule has 1 fully saturated rings. The van der Waals surface area contributed by atoms with E-state index in [-0.39, 0.29) is 29.8 Å². The van der Waals surface area contributed by atoms with E-state index in [0.29, 0.717) is 6.42 Å². The van der Waals surface area contributed by atoms with Gasteiger partial charge in [0, 0.05) is 30.1 Å². The predicted octanol–water partition coefficient (Wildman–Crippen LogP) is 3.39. The lowest BCUT2D eigenvalue weighted by Crippen LogP contribution is -2.36. The summed E-state index contributed by atoms with van der Waals surface area (Å²) in [6.45, 7) is 2.84. The Bertz CT molecular complexity index is 509. The highest BCUT2D eigenvalue weighted by molar-refractivity contribution is 5.96. The topological polar surface area (TPSA) is 46.3 Å². The van der Waals surface area contributed by atoms with Crippen molar-refractivity contribution in [2.75, 3.05) is 11.4 Å². The van der Waals surface area contributed by atoms with Crippen molar-refractivity contribution in [2.24, 2.45) is 5.73 Å². The van der Waals surface area contributed by atoms with Crippen LogP contribution in [0.2, 0.25) is 0 Å². The molecule has 1 unspecified atom stereocenters. The first kappa shape index (κ1) is 16.3. The first-order valence-electron chi connectivity index (χ1n) is 7.78. The number of anilines is 1. The van der Waals surface area contributed by atoms with Crippen LogP contribution in [0, 0.1) is 0 Å².